The van der Waals surface area contributed by atoms with Crippen molar-refractivity contribution in [1.82, 2.24) is 24.3 Å². The molecule has 0 unspecified atom stereocenters. The molecule has 1 aliphatic heterocycles. The standard InChI is InChI=1S/C30H30N6O2/c1-4-7-21-14-15-32-25(19-21)33-30(38)23-12-10-22(11-13-23)27-28-20(3)31-16-18-36(28)29(34-27)24-9-6-17-35(24)26(37)8-5-2/h10-16,18-19,24H,4,6-7,9,17H2,1-3H3,(H,32,33,38)/t24-/m0/s1. The molecule has 4 heterocycles. The van der Waals surface area contributed by atoms with Gasteiger partial charge in [-0.05, 0) is 68.9 Å². The Balaban J connectivity index is 1.45. The quantitative estimate of drug-likeness (QED) is 0.372. The van der Waals surface area contributed by atoms with Crippen molar-refractivity contribution >= 4 is 23.1 Å². The Morgan fingerprint density at radius 1 is 1.13 bits per heavy atom. The fourth-order valence-corrected chi connectivity index (χ4v) is 5.07. The van der Waals surface area contributed by atoms with Gasteiger partial charge >= 0.3 is 0 Å². The lowest BCUT2D eigenvalue weighted by Crippen LogP contribution is -2.30. The summed E-state index contributed by atoms with van der Waals surface area (Å²) in [5.74, 6) is 6.33. The zero-order valence-corrected chi connectivity index (χ0v) is 21.9. The van der Waals surface area contributed by atoms with Crippen LogP contribution in [0.2, 0.25) is 0 Å². The molecule has 2 amide bonds. The Kier molecular flexibility index (Phi) is 7.18. The van der Waals surface area contributed by atoms with Crippen molar-refractivity contribution in [2.75, 3.05) is 11.9 Å². The highest BCUT2D eigenvalue weighted by Crippen LogP contribution is 2.35. The van der Waals surface area contributed by atoms with Crippen LogP contribution >= 0.6 is 0 Å². The van der Waals surface area contributed by atoms with Gasteiger partial charge in [-0.3, -0.25) is 19.0 Å². The first-order valence-corrected chi connectivity index (χ1v) is 12.9. The summed E-state index contributed by atoms with van der Waals surface area (Å²) < 4.78 is 2.03. The molecule has 1 saturated heterocycles. The number of anilines is 1. The first-order valence-electron chi connectivity index (χ1n) is 12.9. The van der Waals surface area contributed by atoms with Crippen LogP contribution in [0.15, 0.2) is 55.0 Å². The molecule has 0 radical (unpaired) electrons. The average Bonchev–Trinajstić information content (AvgIpc) is 3.55. The largest absolute Gasteiger partial charge is 0.322 e. The minimum Gasteiger partial charge on any atom is -0.322 e. The number of nitrogens with one attached hydrogen (secondary N) is 1. The van der Waals surface area contributed by atoms with Crippen LogP contribution in [-0.2, 0) is 11.2 Å². The Bertz CT molecular complexity index is 1560. The van der Waals surface area contributed by atoms with E-state index < -0.39 is 0 Å². The number of fused-ring (bicyclic) bond motifs is 1. The molecule has 4 aromatic rings. The lowest BCUT2D eigenvalue weighted by molar-refractivity contribution is -0.126. The molecule has 3 aromatic heterocycles. The summed E-state index contributed by atoms with van der Waals surface area (Å²) >= 11 is 0. The van der Waals surface area contributed by atoms with Crippen molar-refractivity contribution in [3.05, 3.63) is 77.6 Å². The third-order valence-electron chi connectivity index (χ3n) is 6.83. The van der Waals surface area contributed by atoms with E-state index in [2.05, 4.69) is 34.0 Å². The minimum absolute atomic E-state index is 0.160. The van der Waals surface area contributed by atoms with E-state index in [1.165, 1.54) is 0 Å². The van der Waals surface area contributed by atoms with Gasteiger partial charge in [-0.15, -0.1) is 0 Å². The predicted octanol–water partition coefficient (Wildman–Crippen LogP) is 4.99. The van der Waals surface area contributed by atoms with Crippen LogP contribution in [0, 0.1) is 18.8 Å². The Labute approximate surface area is 222 Å². The lowest BCUT2D eigenvalue weighted by Gasteiger charge is -2.21. The topological polar surface area (TPSA) is 92.5 Å². The molecule has 1 atom stereocenters. The summed E-state index contributed by atoms with van der Waals surface area (Å²) in [5.41, 5.74) is 5.04. The highest BCUT2D eigenvalue weighted by Gasteiger charge is 2.33. The molecule has 0 aliphatic carbocycles. The van der Waals surface area contributed by atoms with Gasteiger partial charge in [-0.2, -0.15) is 0 Å². The van der Waals surface area contributed by atoms with Gasteiger partial charge in [0, 0.05) is 36.3 Å². The van der Waals surface area contributed by atoms with E-state index in [4.69, 9.17) is 4.98 Å². The van der Waals surface area contributed by atoms with E-state index in [1.54, 1.807) is 31.5 Å². The second kappa shape index (κ2) is 10.9. The SMILES string of the molecule is CC#CC(=O)N1CCC[C@H]1c1nc(-c2ccc(C(=O)Nc3cc(CCC)ccn3)cc2)c2c(C)nccn12. The summed E-state index contributed by atoms with van der Waals surface area (Å²) in [6.45, 7) is 6.40. The number of hydrogen-bond donors (Lipinski definition) is 1. The first kappa shape index (κ1) is 25.2. The van der Waals surface area contributed by atoms with Crippen molar-refractivity contribution < 1.29 is 9.59 Å². The van der Waals surface area contributed by atoms with Crippen LogP contribution in [0.3, 0.4) is 0 Å². The molecular weight excluding hydrogens is 476 g/mol. The number of likely N-dealkylation sites (tertiary alicyclic amines) is 1. The molecule has 8 heteroatoms. The normalized spacial score (nSPS) is 14.8. The molecule has 1 aromatic carbocycles. The third kappa shape index (κ3) is 4.88. The molecule has 0 saturated carbocycles. The van der Waals surface area contributed by atoms with Crippen molar-refractivity contribution in [3.63, 3.8) is 0 Å². The van der Waals surface area contributed by atoms with Gasteiger partial charge in [0.05, 0.1) is 22.9 Å². The van der Waals surface area contributed by atoms with E-state index in [0.717, 1.165) is 59.5 Å². The molecule has 1 N–H and O–H groups in total. The maximum absolute atomic E-state index is 12.9. The number of benzene rings is 1. The number of hydrogen-bond acceptors (Lipinski definition) is 5. The number of amides is 2. The van der Waals surface area contributed by atoms with Crippen LogP contribution in [0.5, 0.6) is 0 Å². The second-order valence-electron chi connectivity index (χ2n) is 9.41. The highest BCUT2D eigenvalue weighted by atomic mass is 16.2. The van der Waals surface area contributed by atoms with E-state index in [0.29, 0.717) is 17.9 Å². The van der Waals surface area contributed by atoms with E-state index in [-0.39, 0.29) is 17.9 Å². The minimum atomic E-state index is -0.219. The number of nitrogens with zero attached hydrogens (tertiary/aromatic N) is 5. The maximum Gasteiger partial charge on any atom is 0.299 e. The fourth-order valence-electron chi connectivity index (χ4n) is 5.07. The molecule has 192 valence electrons. The monoisotopic (exact) mass is 506 g/mol. The van der Waals surface area contributed by atoms with Crippen molar-refractivity contribution in [2.24, 2.45) is 0 Å². The Morgan fingerprint density at radius 2 is 1.95 bits per heavy atom. The molecule has 5 rings (SSSR count). The van der Waals surface area contributed by atoms with Crippen molar-refractivity contribution in [1.29, 1.82) is 0 Å². The summed E-state index contributed by atoms with van der Waals surface area (Å²) in [6, 6.07) is 11.1. The van der Waals surface area contributed by atoms with Gasteiger partial charge in [0.1, 0.15) is 11.6 Å². The molecule has 38 heavy (non-hydrogen) atoms. The van der Waals surface area contributed by atoms with Gasteiger partial charge in [-0.25, -0.2) is 9.97 Å². The Hall–Kier alpha value is -4.51. The number of rotatable bonds is 6. The van der Waals surface area contributed by atoms with Gasteiger partial charge in [-0.1, -0.05) is 31.4 Å². The molecule has 8 nitrogen and oxygen atoms in total. The van der Waals surface area contributed by atoms with Gasteiger partial charge in [0.25, 0.3) is 11.8 Å². The van der Waals surface area contributed by atoms with E-state index in [9.17, 15) is 9.59 Å². The zero-order valence-electron chi connectivity index (χ0n) is 21.9. The van der Waals surface area contributed by atoms with Gasteiger partial charge < -0.3 is 10.2 Å². The molecule has 0 spiro atoms. The van der Waals surface area contributed by atoms with E-state index >= 15 is 0 Å². The summed E-state index contributed by atoms with van der Waals surface area (Å²) in [7, 11) is 0. The average molecular weight is 507 g/mol. The van der Waals surface area contributed by atoms with Crippen LogP contribution in [0.1, 0.15) is 66.6 Å². The van der Waals surface area contributed by atoms with Crippen molar-refractivity contribution in [3.8, 4) is 23.1 Å². The van der Waals surface area contributed by atoms with Crippen LogP contribution < -0.4 is 5.32 Å². The van der Waals surface area contributed by atoms with Crippen molar-refractivity contribution in [2.45, 2.75) is 52.5 Å². The first-order chi connectivity index (χ1) is 18.5. The zero-order chi connectivity index (χ0) is 26.6. The number of aryl methyl sites for hydroxylation is 2. The number of imidazole rings is 1. The number of pyridine rings is 1. The van der Waals surface area contributed by atoms with Crippen LogP contribution in [0.4, 0.5) is 5.82 Å². The lowest BCUT2D eigenvalue weighted by atomic mass is 10.1. The fraction of sp³-hybridized carbons (Fsp3) is 0.300. The predicted molar refractivity (Wildman–Crippen MR) is 146 cm³/mol. The maximum atomic E-state index is 12.9. The smallest absolute Gasteiger partial charge is 0.299 e. The van der Waals surface area contributed by atoms with Gasteiger partial charge in [0.15, 0.2) is 0 Å². The molecule has 0 bridgehead atoms. The van der Waals surface area contributed by atoms with Gasteiger partial charge in [0.2, 0.25) is 0 Å². The summed E-state index contributed by atoms with van der Waals surface area (Å²) in [5, 5.41) is 2.89. The summed E-state index contributed by atoms with van der Waals surface area (Å²) in [4.78, 5) is 41.2. The number of aromatic nitrogens is 4. The third-order valence-corrected chi connectivity index (χ3v) is 6.83. The second-order valence-corrected chi connectivity index (χ2v) is 9.41. The molecular formula is C30H30N6O2. The Morgan fingerprint density at radius 3 is 2.71 bits per heavy atom. The molecule has 1 aliphatic rings. The molecule has 1 fully saturated rings. The summed E-state index contributed by atoms with van der Waals surface area (Å²) in [6.07, 6.45) is 9.05. The number of carbonyl (C=O) groups excluding carboxylic acids is 2. The van der Waals surface area contributed by atoms with Crippen LogP contribution in [0.25, 0.3) is 16.8 Å². The number of carbonyl (C=O) groups is 2. The van der Waals surface area contributed by atoms with E-state index in [1.807, 2.05) is 46.7 Å². The van der Waals surface area contributed by atoms with Crippen LogP contribution in [-0.4, -0.2) is 42.6 Å². The highest BCUT2D eigenvalue weighted by molar-refractivity contribution is 6.04.